The number of ether oxygens (including phenoxy) is 3. The van der Waals surface area contributed by atoms with E-state index in [4.69, 9.17) is 30.8 Å². The summed E-state index contributed by atoms with van der Waals surface area (Å²) in [6.45, 7) is 0.390. The summed E-state index contributed by atoms with van der Waals surface area (Å²) < 4.78 is 32.8. The van der Waals surface area contributed by atoms with Crippen molar-refractivity contribution in [2.75, 3.05) is 26.6 Å². The Morgan fingerprint density at radius 3 is 2.52 bits per heavy atom. The fraction of sp³-hybridized carbons (Fsp3) is 0.179. The normalized spacial score (nSPS) is 13.5. The minimum absolute atomic E-state index is 0.108. The molecule has 0 bridgehead atoms. The number of para-hydroxylation sites is 1. The molecule has 7 rings (SSSR count). The van der Waals surface area contributed by atoms with E-state index in [0.29, 0.717) is 40.6 Å². The number of nitrogens with one attached hydrogen (secondary N) is 1. The predicted molar refractivity (Wildman–Crippen MR) is 189 cm³/mol. The molecule has 0 saturated heterocycles. The van der Waals surface area contributed by atoms with Crippen molar-refractivity contribution in [1.82, 2.24) is 9.55 Å². The molecule has 0 atom stereocenters. The highest BCUT2D eigenvalue weighted by molar-refractivity contribution is 6.31. The van der Waals surface area contributed by atoms with Crippen LogP contribution < -0.4 is 19.5 Å². The molecule has 0 spiro atoms. The largest absolute Gasteiger partial charge is 0.493 e. The monoisotopic (exact) mass is 661 g/mol. The Morgan fingerprint density at radius 1 is 0.958 bits per heavy atom. The second kappa shape index (κ2) is 13.0. The lowest BCUT2D eigenvalue weighted by atomic mass is 9.85. The molecule has 4 aromatic carbocycles. The summed E-state index contributed by atoms with van der Waals surface area (Å²) >= 11 is 6.26. The maximum absolute atomic E-state index is 14.3. The molecule has 0 unspecified atom stereocenters. The molecule has 1 aliphatic rings. The van der Waals surface area contributed by atoms with Crippen LogP contribution >= 0.6 is 11.6 Å². The number of carbonyl (C=O) groups is 1. The van der Waals surface area contributed by atoms with Gasteiger partial charge in [0.1, 0.15) is 5.82 Å². The Balaban J connectivity index is 1.27. The van der Waals surface area contributed by atoms with Gasteiger partial charge in [0.05, 0.1) is 48.6 Å². The molecule has 48 heavy (non-hydrogen) atoms. The van der Waals surface area contributed by atoms with Crippen LogP contribution in [0.25, 0.3) is 33.5 Å². The number of halogens is 2. The molecule has 2 aromatic heterocycles. The van der Waals surface area contributed by atoms with Crippen molar-refractivity contribution in [3.8, 4) is 17.2 Å². The molecule has 1 aliphatic carbocycles. The van der Waals surface area contributed by atoms with Gasteiger partial charge in [0.2, 0.25) is 5.75 Å². The summed E-state index contributed by atoms with van der Waals surface area (Å²) in [4.78, 5) is 19.3. The number of carbonyl (C=O) groups excluding carboxylic acids is 1. The third-order valence-electron chi connectivity index (χ3n) is 8.83. The quantitative estimate of drug-likeness (QED) is 0.176. The lowest BCUT2D eigenvalue weighted by Crippen LogP contribution is -2.19. The van der Waals surface area contributed by atoms with Gasteiger partial charge in [-0.3, -0.25) is 4.79 Å². The van der Waals surface area contributed by atoms with Gasteiger partial charge in [-0.25, -0.2) is 9.37 Å². The lowest BCUT2D eigenvalue weighted by Gasteiger charge is -2.23. The van der Waals surface area contributed by atoms with Gasteiger partial charge in [-0.05, 0) is 95.5 Å². The van der Waals surface area contributed by atoms with Crippen LogP contribution in [0.4, 0.5) is 10.1 Å². The topological polar surface area (TPSA) is 74.6 Å². The summed E-state index contributed by atoms with van der Waals surface area (Å²) in [5, 5.41) is 5.07. The van der Waals surface area contributed by atoms with Crippen molar-refractivity contribution in [3.63, 3.8) is 0 Å². The summed E-state index contributed by atoms with van der Waals surface area (Å²) in [5.41, 5.74) is 7.22. The molecule has 0 fully saturated rings. The SMILES string of the molecule is COc1cc(/C=C2/CCCc3c2nc2ccccc2c3C(=O)Nc2ccc3ccn(Cc4cccc(F)c4Cl)c3c2)cc(OC)c1OC. The van der Waals surface area contributed by atoms with Crippen LogP contribution in [-0.2, 0) is 13.0 Å². The van der Waals surface area contributed by atoms with E-state index in [0.717, 1.165) is 63.5 Å². The summed E-state index contributed by atoms with van der Waals surface area (Å²) in [5.74, 6) is 0.997. The van der Waals surface area contributed by atoms with Gasteiger partial charge < -0.3 is 24.1 Å². The Hall–Kier alpha value is -5.34. The smallest absolute Gasteiger partial charge is 0.256 e. The molecule has 7 nitrogen and oxygen atoms in total. The van der Waals surface area contributed by atoms with E-state index in [1.165, 1.54) is 6.07 Å². The zero-order valence-electron chi connectivity index (χ0n) is 26.8. The number of pyridine rings is 1. The second-order valence-electron chi connectivity index (χ2n) is 11.7. The van der Waals surface area contributed by atoms with Gasteiger partial charge in [0.15, 0.2) is 11.5 Å². The average molecular weight is 662 g/mol. The van der Waals surface area contributed by atoms with Crippen LogP contribution in [-0.4, -0.2) is 36.8 Å². The summed E-state index contributed by atoms with van der Waals surface area (Å²) in [7, 11) is 4.77. The van der Waals surface area contributed by atoms with E-state index in [-0.39, 0.29) is 10.9 Å². The Morgan fingerprint density at radius 2 is 1.75 bits per heavy atom. The fourth-order valence-electron chi connectivity index (χ4n) is 6.57. The highest BCUT2D eigenvalue weighted by Crippen LogP contribution is 2.41. The van der Waals surface area contributed by atoms with E-state index in [2.05, 4.69) is 11.4 Å². The number of anilines is 1. The molecule has 2 heterocycles. The van der Waals surface area contributed by atoms with Crippen molar-refractivity contribution in [3.05, 3.63) is 124 Å². The van der Waals surface area contributed by atoms with Gasteiger partial charge in [-0.1, -0.05) is 48.0 Å². The zero-order valence-corrected chi connectivity index (χ0v) is 27.5. The number of amides is 1. The first kappa shape index (κ1) is 31.3. The van der Waals surface area contributed by atoms with E-state index in [1.807, 2.05) is 77.5 Å². The minimum atomic E-state index is -0.451. The first-order valence-electron chi connectivity index (χ1n) is 15.6. The second-order valence-corrected chi connectivity index (χ2v) is 12.1. The molecule has 9 heteroatoms. The van der Waals surface area contributed by atoms with Crippen LogP contribution in [0.5, 0.6) is 17.2 Å². The fourth-order valence-corrected chi connectivity index (χ4v) is 6.75. The van der Waals surface area contributed by atoms with Crippen molar-refractivity contribution >= 4 is 56.7 Å². The first-order valence-corrected chi connectivity index (χ1v) is 16.0. The molecule has 0 saturated carbocycles. The maximum Gasteiger partial charge on any atom is 0.256 e. The Bertz CT molecular complexity index is 2220. The van der Waals surface area contributed by atoms with Gasteiger partial charge >= 0.3 is 0 Å². The molecule has 6 aromatic rings. The Labute approximate surface area is 282 Å². The number of nitrogens with zero attached hydrogens (tertiary/aromatic N) is 2. The third kappa shape index (κ3) is 5.73. The molecule has 242 valence electrons. The number of fused-ring (bicyclic) bond motifs is 3. The maximum atomic E-state index is 14.3. The molecule has 0 radical (unpaired) electrons. The molecule has 1 N–H and O–H groups in total. The summed E-state index contributed by atoms with van der Waals surface area (Å²) in [6.07, 6.45) is 6.41. The van der Waals surface area contributed by atoms with Crippen LogP contribution in [0, 0.1) is 5.82 Å². The Kier molecular flexibility index (Phi) is 8.50. The van der Waals surface area contributed by atoms with Gasteiger partial charge in [0, 0.05) is 23.8 Å². The number of methoxy groups -OCH3 is 3. The zero-order chi connectivity index (χ0) is 33.4. The number of rotatable bonds is 8. The number of benzene rings is 4. The van der Waals surface area contributed by atoms with Gasteiger partial charge in [0.25, 0.3) is 5.91 Å². The molecular formula is C39H33ClFN3O4. The van der Waals surface area contributed by atoms with Crippen molar-refractivity contribution in [1.29, 1.82) is 0 Å². The predicted octanol–water partition coefficient (Wildman–Crippen LogP) is 9.19. The highest BCUT2D eigenvalue weighted by Gasteiger charge is 2.26. The third-order valence-corrected chi connectivity index (χ3v) is 9.25. The molecule has 1 amide bonds. The standard InChI is InChI=1S/C39H33ClFN3O4/c1-46-33-19-23(20-34(47-2)38(33)48-3)18-25-8-6-11-29-35(28-10-4-5-13-31(28)43-37(25)29)39(45)42-27-15-14-24-16-17-44(32(24)21-27)22-26-9-7-12-30(41)36(26)40/h4-5,7,9-10,12-21H,6,8,11,22H2,1-3H3,(H,42,45)/b25-18-. The number of hydrogen-bond donors (Lipinski definition) is 1. The summed E-state index contributed by atoms with van der Waals surface area (Å²) in [6, 6.07) is 24.2. The number of aromatic nitrogens is 2. The van der Waals surface area contributed by atoms with Crippen molar-refractivity contribution in [2.24, 2.45) is 0 Å². The minimum Gasteiger partial charge on any atom is -0.493 e. The van der Waals surface area contributed by atoms with E-state index >= 15 is 0 Å². The number of allylic oxidation sites excluding steroid dienone is 1. The van der Waals surface area contributed by atoms with Crippen LogP contribution in [0.1, 0.15) is 45.6 Å². The lowest BCUT2D eigenvalue weighted by molar-refractivity contribution is 0.102. The average Bonchev–Trinajstić information content (AvgIpc) is 3.50. The molecule has 0 aliphatic heterocycles. The first-order chi connectivity index (χ1) is 23.4. The van der Waals surface area contributed by atoms with E-state index < -0.39 is 5.82 Å². The van der Waals surface area contributed by atoms with Gasteiger partial charge in [-0.15, -0.1) is 0 Å². The van der Waals surface area contributed by atoms with Gasteiger partial charge in [-0.2, -0.15) is 0 Å². The van der Waals surface area contributed by atoms with Crippen LogP contribution in [0.3, 0.4) is 0 Å². The number of hydrogen-bond acceptors (Lipinski definition) is 5. The van der Waals surface area contributed by atoms with Crippen molar-refractivity contribution in [2.45, 2.75) is 25.8 Å². The van der Waals surface area contributed by atoms with Crippen LogP contribution in [0.15, 0.2) is 85.1 Å². The van der Waals surface area contributed by atoms with E-state index in [1.54, 1.807) is 27.4 Å². The van der Waals surface area contributed by atoms with Crippen LogP contribution in [0.2, 0.25) is 5.02 Å². The highest BCUT2D eigenvalue weighted by atomic mass is 35.5. The van der Waals surface area contributed by atoms with Crippen molar-refractivity contribution < 1.29 is 23.4 Å². The van der Waals surface area contributed by atoms with E-state index in [9.17, 15) is 9.18 Å². The molecular weight excluding hydrogens is 629 g/mol.